The fourth-order valence-electron chi connectivity index (χ4n) is 1.92. The van der Waals surface area contributed by atoms with E-state index in [0.717, 1.165) is 5.76 Å². The number of aryl methyl sites for hydroxylation is 1. The van der Waals surface area contributed by atoms with Gasteiger partial charge in [-0.3, -0.25) is 4.79 Å². The molecule has 2 N–H and O–H groups in total. The summed E-state index contributed by atoms with van der Waals surface area (Å²) < 4.78 is 10.7. The predicted molar refractivity (Wildman–Crippen MR) is 62.7 cm³/mol. The third kappa shape index (κ3) is 2.68. The minimum Gasteiger partial charge on any atom is -0.469 e. The predicted octanol–water partition coefficient (Wildman–Crippen LogP) is 0.776. The van der Waals surface area contributed by atoms with E-state index in [0.29, 0.717) is 25.3 Å². The van der Waals surface area contributed by atoms with E-state index in [1.807, 2.05) is 13.8 Å². The lowest BCUT2D eigenvalue weighted by Gasteiger charge is -2.34. The molecule has 2 rings (SSSR count). The monoisotopic (exact) mass is 238 g/mol. The highest BCUT2D eigenvalue weighted by atomic mass is 16.5. The van der Waals surface area contributed by atoms with Crippen LogP contribution in [0.5, 0.6) is 0 Å². The van der Waals surface area contributed by atoms with Gasteiger partial charge in [0, 0.05) is 19.1 Å². The Labute approximate surface area is 101 Å². The smallest absolute Gasteiger partial charge is 0.257 e. The van der Waals surface area contributed by atoms with Crippen LogP contribution in [-0.2, 0) is 4.74 Å². The highest BCUT2D eigenvalue weighted by molar-refractivity contribution is 5.94. The molecule has 2 unspecified atom stereocenters. The molecule has 94 valence electrons. The van der Waals surface area contributed by atoms with E-state index in [2.05, 4.69) is 0 Å². The molecule has 0 aliphatic carbocycles. The summed E-state index contributed by atoms with van der Waals surface area (Å²) in [6, 6.07) is 1.68. The Kier molecular flexibility index (Phi) is 3.49. The Morgan fingerprint density at radius 1 is 1.65 bits per heavy atom. The van der Waals surface area contributed by atoms with Gasteiger partial charge in [-0.05, 0) is 19.9 Å². The summed E-state index contributed by atoms with van der Waals surface area (Å²) in [4.78, 5) is 13.9. The third-order valence-electron chi connectivity index (χ3n) is 2.94. The largest absolute Gasteiger partial charge is 0.469 e. The van der Waals surface area contributed by atoms with E-state index in [4.69, 9.17) is 14.9 Å². The molecule has 1 aliphatic heterocycles. The van der Waals surface area contributed by atoms with Gasteiger partial charge in [0.1, 0.15) is 12.0 Å². The molecule has 1 amide bonds. The number of amides is 1. The van der Waals surface area contributed by atoms with Gasteiger partial charge in [-0.25, -0.2) is 0 Å². The number of nitrogens with two attached hydrogens (primary N) is 1. The van der Waals surface area contributed by atoms with Gasteiger partial charge in [-0.15, -0.1) is 0 Å². The van der Waals surface area contributed by atoms with Crippen LogP contribution in [0.2, 0.25) is 0 Å². The molecule has 0 bridgehead atoms. The van der Waals surface area contributed by atoms with Crippen molar-refractivity contribution in [3.05, 3.63) is 23.7 Å². The van der Waals surface area contributed by atoms with Crippen molar-refractivity contribution < 1.29 is 13.9 Å². The second-order valence-electron chi connectivity index (χ2n) is 4.47. The van der Waals surface area contributed by atoms with Crippen molar-refractivity contribution in [1.29, 1.82) is 0 Å². The van der Waals surface area contributed by atoms with Gasteiger partial charge in [-0.2, -0.15) is 0 Å². The van der Waals surface area contributed by atoms with Gasteiger partial charge in [0.05, 0.1) is 18.3 Å². The van der Waals surface area contributed by atoms with Crippen molar-refractivity contribution in [2.75, 3.05) is 19.7 Å². The number of carbonyl (C=O) groups is 1. The first-order chi connectivity index (χ1) is 8.08. The van der Waals surface area contributed by atoms with E-state index in [9.17, 15) is 4.79 Å². The second-order valence-corrected chi connectivity index (χ2v) is 4.47. The number of ether oxygens (including phenoxy) is 1. The lowest BCUT2D eigenvalue weighted by molar-refractivity contribution is -0.0300. The van der Waals surface area contributed by atoms with Gasteiger partial charge < -0.3 is 19.8 Å². The number of hydrogen-bond acceptors (Lipinski definition) is 4. The van der Waals surface area contributed by atoms with Crippen LogP contribution in [0.3, 0.4) is 0 Å². The average Bonchev–Trinajstić information content (AvgIpc) is 2.75. The lowest BCUT2D eigenvalue weighted by atomic mass is 10.1. The fraction of sp³-hybridized carbons (Fsp3) is 0.583. The summed E-state index contributed by atoms with van der Waals surface area (Å²) in [5.41, 5.74) is 6.38. The molecule has 1 fully saturated rings. The molecular weight excluding hydrogens is 220 g/mol. The summed E-state index contributed by atoms with van der Waals surface area (Å²) in [6.07, 6.45) is 1.41. The van der Waals surface area contributed by atoms with Crippen LogP contribution < -0.4 is 5.73 Å². The Morgan fingerprint density at radius 2 is 2.41 bits per heavy atom. The van der Waals surface area contributed by atoms with E-state index in [-0.39, 0.29) is 18.1 Å². The van der Waals surface area contributed by atoms with E-state index in [1.165, 1.54) is 6.26 Å². The first-order valence-electron chi connectivity index (χ1n) is 5.79. The van der Waals surface area contributed by atoms with Crippen molar-refractivity contribution in [3.63, 3.8) is 0 Å². The summed E-state index contributed by atoms with van der Waals surface area (Å²) in [5.74, 6) is 0.723. The maximum absolute atomic E-state index is 12.2. The number of nitrogens with zero attached hydrogens (tertiary/aromatic N) is 1. The third-order valence-corrected chi connectivity index (χ3v) is 2.94. The zero-order valence-corrected chi connectivity index (χ0v) is 10.2. The van der Waals surface area contributed by atoms with Gasteiger partial charge in [-0.1, -0.05) is 0 Å². The Balaban J connectivity index is 2.04. The Bertz CT molecular complexity index is 400. The van der Waals surface area contributed by atoms with Crippen LogP contribution >= 0.6 is 0 Å². The average molecular weight is 238 g/mol. The molecule has 0 saturated carbocycles. The van der Waals surface area contributed by atoms with Gasteiger partial charge in [0.2, 0.25) is 0 Å². The first kappa shape index (κ1) is 12.1. The van der Waals surface area contributed by atoms with E-state index in [1.54, 1.807) is 11.0 Å². The van der Waals surface area contributed by atoms with E-state index < -0.39 is 0 Å². The quantitative estimate of drug-likeness (QED) is 0.826. The van der Waals surface area contributed by atoms with Crippen LogP contribution in [-0.4, -0.2) is 42.6 Å². The van der Waals surface area contributed by atoms with Gasteiger partial charge in [0.15, 0.2) is 0 Å². The zero-order valence-electron chi connectivity index (χ0n) is 10.2. The van der Waals surface area contributed by atoms with Crippen molar-refractivity contribution in [2.24, 2.45) is 5.73 Å². The number of rotatable bonds is 2. The molecule has 2 heterocycles. The van der Waals surface area contributed by atoms with Crippen LogP contribution in [0, 0.1) is 6.92 Å². The summed E-state index contributed by atoms with van der Waals surface area (Å²) in [7, 11) is 0. The second kappa shape index (κ2) is 4.89. The SMILES string of the molecule is Cc1cc(C(=O)N2CCOC(C(C)N)C2)co1. The molecule has 1 aromatic rings. The molecule has 0 spiro atoms. The maximum Gasteiger partial charge on any atom is 0.257 e. The van der Waals surface area contributed by atoms with Crippen molar-refractivity contribution >= 4 is 5.91 Å². The van der Waals surface area contributed by atoms with Crippen LogP contribution in [0.15, 0.2) is 16.7 Å². The number of furan rings is 1. The molecule has 0 radical (unpaired) electrons. The molecule has 1 saturated heterocycles. The molecule has 5 heteroatoms. The lowest BCUT2D eigenvalue weighted by Crippen LogP contribution is -2.51. The van der Waals surface area contributed by atoms with Gasteiger partial charge >= 0.3 is 0 Å². The zero-order chi connectivity index (χ0) is 12.4. The minimum atomic E-state index is -0.0827. The topological polar surface area (TPSA) is 68.7 Å². The van der Waals surface area contributed by atoms with Crippen molar-refractivity contribution in [1.82, 2.24) is 4.90 Å². The fourth-order valence-corrected chi connectivity index (χ4v) is 1.92. The maximum atomic E-state index is 12.2. The van der Waals surface area contributed by atoms with Crippen LogP contribution in [0.1, 0.15) is 23.0 Å². The van der Waals surface area contributed by atoms with Crippen LogP contribution in [0.4, 0.5) is 0 Å². The molecule has 0 aromatic carbocycles. The van der Waals surface area contributed by atoms with Crippen LogP contribution in [0.25, 0.3) is 0 Å². The van der Waals surface area contributed by atoms with Crippen molar-refractivity contribution in [2.45, 2.75) is 26.0 Å². The number of carbonyl (C=O) groups excluding carboxylic acids is 1. The summed E-state index contributed by atoms with van der Waals surface area (Å²) in [6.45, 7) is 5.39. The van der Waals surface area contributed by atoms with Crippen molar-refractivity contribution in [3.8, 4) is 0 Å². The molecule has 1 aromatic heterocycles. The highest BCUT2D eigenvalue weighted by Gasteiger charge is 2.27. The summed E-state index contributed by atoms with van der Waals surface area (Å²) in [5, 5.41) is 0. The Hall–Kier alpha value is -1.33. The minimum absolute atomic E-state index is 0.0178. The number of morpholine rings is 1. The molecular formula is C12H18N2O3. The van der Waals surface area contributed by atoms with E-state index >= 15 is 0 Å². The normalized spacial score (nSPS) is 22.5. The first-order valence-corrected chi connectivity index (χ1v) is 5.79. The van der Waals surface area contributed by atoms with Gasteiger partial charge in [0.25, 0.3) is 5.91 Å². The molecule has 1 aliphatic rings. The molecule has 2 atom stereocenters. The highest BCUT2D eigenvalue weighted by Crippen LogP contribution is 2.14. The number of hydrogen-bond donors (Lipinski definition) is 1. The summed E-state index contributed by atoms with van der Waals surface area (Å²) >= 11 is 0. The molecule has 5 nitrogen and oxygen atoms in total. The molecule has 17 heavy (non-hydrogen) atoms. The Morgan fingerprint density at radius 3 is 3.00 bits per heavy atom. The standard InChI is InChI=1S/C12H18N2O3/c1-8-5-10(7-17-8)12(15)14-3-4-16-11(6-14)9(2)13/h5,7,9,11H,3-4,6,13H2,1-2H3.